The van der Waals surface area contributed by atoms with E-state index in [1.165, 1.54) is 16.7 Å². The van der Waals surface area contributed by atoms with Crippen molar-refractivity contribution in [2.75, 3.05) is 0 Å². The number of aromatic nitrogens is 3. The molecule has 0 amide bonds. The lowest BCUT2D eigenvalue weighted by atomic mass is 9.86. The zero-order valence-electron chi connectivity index (χ0n) is 20.8. The molecule has 0 fully saturated rings. The van der Waals surface area contributed by atoms with Crippen LogP contribution in [0.1, 0.15) is 40.5 Å². The van der Waals surface area contributed by atoms with E-state index in [2.05, 4.69) is 90.0 Å². The summed E-state index contributed by atoms with van der Waals surface area (Å²) in [5.41, 5.74) is 11.2. The Hall–Kier alpha value is -4.70. The summed E-state index contributed by atoms with van der Waals surface area (Å²) in [4.78, 5) is 19.6. The van der Waals surface area contributed by atoms with Crippen molar-refractivity contribution in [2.45, 2.75) is 18.9 Å². The molecule has 0 radical (unpaired) electrons. The van der Waals surface area contributed by atoms with Crippen LogP contribution in [0.3, 0.4) is 0 Å². The maximum atomic E-state index is 5.12. The fraction of sp³-hybridized carbons (Fsp3) is 0.118. The van der Waals surface area contributed by atoms with Crippen LogP contribution < -0.4 is 0 Å². The molecule has 3 aromatic heterocycles. The lowest BCUT2D eigenvalue weighted by Crippen LogP contribution is -2.16. The Morgan fingerprint density at radius 3 is 2.61 bits per heavy atom. The summed E-state index contributed by atoms with van der Waals surface area (Å²) in [5.74, 6) is 0.283. The minimum atomic E-state index is 0.0635. The molecule has 1 aliphatic heterocycles. The smallest absolute Gasteiger partial charge is 0.102 e. The van der Waals surface area contributed by atoms with E-state index in [0.29, 0.717) is 0 Å². The van der Waals surface area contributed by atoms with E-state index in [-0.39, 0.29) is 12.0 Å². The number of allylic oxidation sites excluding steroid dienone is 2. The van der Waals surface area contributed by atoms with Gasteiger partial charge in [0.2, 0.25) is 0 Å². The van der Waals surface area contributed by atoms with Gasteiger partial charge in [-0.25, -0.2) is 9.97 Å². The summed E-state index contributed by atoms with van der Waals surface area (Å²) in [5, 5.41) is 2.24. The standard InChI is InChI=1S/C34H24N4/c1-3-22-7-9-24-13-15-29(37-33(24)31(22)35-17-1)26-11-5-21-6-12-27(20-28(21)19-26)30-16-14-25-10-8-23-4-2-18-36-32(23)34(25)38-30/h1-5,7-11,13-20,22,31H,6,12H2. The number of hydrogen-bond donors (Lipinski definition) is 0. The van der Waals surface area contributed by atoms with E-state index in [1.807, 2.05) is 24.6 Å². The number of aryl methyl sites for hydroxylation is 1. The van der Waals surface area contributed by atoms with Crippen LogP contribution in [0.15, 0.2) is 96.1 Å². The highest BCUT2D eigenvalue weighted by atomic mass is 14.9. The van der Waals surface area contributed by atoms with Gasteiger partial charge in [-0.15, -0.1) is 0 Å². The van der Waals surface area contributed by atoms with Crippen LogP contribution >= 0.6 is 0 Å². The Kier molecular flexibility index (Phi) is 4.74. The number of nitrogens with zero attached hydrogens (tertiary/aromatic N) is 4. The Morgan fingerprint density at radius 1 is 0.737 bits per heavy atom. The number of pyridine rings is 3. The van der Waals surface area contributed by atoms with Crippen LogP contribution in [-0.2, 0) is 6.42 Å². The molecule has 0 spiro atoms. The van der Waals surface area contributed by atoms with Crippen molar-refractivity contribution in [2.24, 2.45) is 10.9 Å². The summed E-state index contributed by atoms with van der Waals surface area (Å²) < 4.78 is 0. The number of rotatable bonds is 2. The highest BCUT2D eigenvalue weighted by molar-refractivity contribution is 6.03. The molecule has 0 N–H and O–H groups in total. The molecule has 2 unspecified atom stereocenters. The maximum Gasteiger partial charge on any atom is 0.102 e. The molecular formula is C34H24N4. The van der Waals surface area contributed by atoms with Gasteiger partial charge in [0, 0.05) is 34.7 Å². The molecule has 4 heteroatoms. The van der Waals surface area contributed by atoms with Gasteiger partial charge in [0.05, 0.1) is 28.1 Å². The van der Waals surface area contributed by atoms with Crippen LogP contribution in [-0.4, -0.2) is 21.2 Å². The second-order valence-electron chi connectivity index (χ2n) is 10.2. The molecule has 5 aromatic rings. The molecule has 4 heterocycles. The highest BCUT2D eigenvalue weighted by Gasteiger charge is 2.27. The van der Waals surface area contributed by atoms with E-state index < -0.39 is 0 Å². The quantitative estimate of drug-likeness (QED) is 0.240. The zero-order chi connectivity index (χ0) is 25.1. The Balaban J connectivity index is 1.19. The van der Waals surface area contributed by atoms with Crippen molar-refractivity contribution in [1.82, 2.24) is 15.0 Å². The molecule has 3 aliphatic rings. The van der Waals surface area contributed by atoms with E-state index in [0.717, 1.165) is 62.9 Å². The summed E-state index contributed by atoms with van der Waals surface area (Å²) in [6.45, 7) is 0. The highest BCUT2D eigenvalue weighted by Crippen LogP contribution is 2.38. The number of hydrogen-bond acceptors (Lipinski definition) is 4. The molecule has 8 rings (SSSR count). The second-order valence-corrected chi connectivity index (χ2v) is 10.2. The van der Waals surface area contributed by atoms with Gasteiger partial charge in [-0.1, -0.05) is 60.7 Å². The number of fused-ring (bicyclic) bond motifs is 7. The van der Waals surface area contributed by atoms with Crippen LogP contribution in [0, 0.1) is 5.92 Å². The van der Waals surface area contributed by atoms with Crippen molar-refractivity contribution in [1.29, 1.82) is 0 Å². The summed E-state index contributed by atoms with van der Waals surface area (Å²) >= 11 is 0. The monoisotopic (exact) mass is 488 g/mol. The first-order valence-electron chi connectivity index (χ1n) is 13.2. The maximum absolute atomic E-state index is 5.12. The fourth-order valence-electron chi connectivity index (χ4n) is 5.94. The largest absolute Gasteiger partial charge is 0.282 e. The topological polar surface area (TPSA) is 51.0 Å². The molecule has 38 heavy (non-hydrogen) atoms. The Labute approximate surface area is 220 Å². The van der Waals surface area contributed by atoms with Gasteiger partial charge in [0.1, 0.15) is 6.04 Å². The molecule has 2 aliphatic carbocycles. The van der Waals surface area contributed by atoms with Crippen molar-refractivity contribution in [3.8, 4) is 11.3 Å². The van der Waals surface area contributed by atoms with E-state index in [4.69, 9.17) is 15.0 Å². The third kappa shape index (κ3) is 3.45. The first kappa shape index (κ1) is 21.4. The Morgan fingerprint density at radius 2 is 1.63 bits per heavy atom. The van der Waals surface area contributed by atoms with Crippen molar-refractivity contribution in [3.05, 3.63) is 119 Å². The molecule has 0 bridgehead atoms. The predicted octanol–water partition coefficient (Wildman–Crippen LogP) is 7.66. The van der Waals surface area contributed by atoms with Gasteiger partial charge in [0.25, 0.3) is 0 Å². The molecular weight excluding hydrogens is 464 g/mol. The number of dihydropyridines is 1. The zero-order valence-corrected chi connectivity index (χ0v) is 20.8. The van der Waals surface area contributed by atoms with Crippen LogP contribution in [0.25, 0.3) is 50.8 Å². The molecule has 180 valence electrons. The molecule has 0 saturated carbocycles. The van der Waals surface area contributed by atoms with Gasteiger partial charge in [-0.2, -0.15) is 0 Å². The molecule has 2 atom stereocenters. The minimum absolute atomic E-state index is 0.0635. The summed E-state index contributed by atoms with van der Waals surface area (Å²) in [6.07, 6.45) is 16.7. The minimum Gasteiger partial charge on any atom is -0.282 e. The van der Waals surface area contributed by atoms with Gasteiger partial charge in [-0.3, -0.25) is 9.98 Å². The van der Waals surface area contributed by atoms with Gasteiger partial charge < -0.3 is 0 Å². The number of aliphatic imine (C=N–C) groups is 1. The lowest BCUT2D eigenvalue weighted by Gasteiger charge is -2.26. The van der Waals surface area contributed by atoms with E-state index in [9.17, 15) is 0 Å². The molecule has 0 saturated heterocycles. The summed E-state index contributed by atoms with van der Waals surface area (Å²) in [6, 6.07) is 23.7. The SMILES string of the molecule is C1=CC2C=Cc3ccc(-c4ccc5c(c4)C=C(c4ccc6ccc7cccnc7c6n4)CC5)nc3C2N=C1. The molecule has 4 nitrogen and oxygen atoms in total. The average molecular weight is 489 g/mol. The first-order chi connectivity index (χ1) is 18.8. The van der Waals surface area contributed by atoms with Gasteiger partial charge >= 0.3 is 0 Å². The van der Waals surface area contributed by atoms with E-state index in [1.54, 1.807) is 0 Å². The average Bonchev–Trinajstić information content (AvgIpc) is 3.00. The van der Waals surface area contributed by atoms with Crippen molar-refractivity contribution >= 4 is 45.7 Å². The van der Waals surface area contributed by atoms with E-state index >= 15 is 0 Å². The Bertz CT molecular complexity index is 1890. The van der Waals surface area contributed by atoms with Gasteiger partial charge in [0.15, 0.2) is 0 Å². The van der Waals surface area contributed by atoms with Crippen LogP contribution in [0.5, 0.6) is 0 Å². The third-order valence-corrected chi connectivity index (χ3v) is 7.96. The predicted molar refractivity (Wildman–Crippen MR) is 156 cm³/mol. The second kappa shape index (κ2) is 8.42. The number of benzene rings is 2. The van der Waals surface area contributed by atoms with Gasteiger partial charge in [-0.05, 0) is 71.5 Å². The molecule has 2 aromatic carbocycles. The lowest BCUT2D eigenvalue weighted by molar-refractivity contribution is 0.594. The third-order valence-electron chi connectivity index (χ3n) is 7.96. The van der Waals surface area contributed by atoms with Crippen molar-refractivity contribution < 1.29 is 0 Å². The van der Waals surface area contributed by atoms with Crippen LogP contribution in [0.2, 0.25) is 0 Å². The first-order valence-corrected chi connectivity index (χ1v) is 13.2. The normalized spacial score (nSPS) is 19.2. The van der Waals surface area contributed by atoms with Crippen LogP contribution in [0.4, 0.5) is 0 Å². The fourth-order valence-corrected chi connectivity index (χ4v) is 5.94. The summed E-state index contributed by atoms with van der Waals surface area (Å²) in [7, 11) is 0. The van der Waals surface area contributed by atoms with Crippen molar-refractivity contribution in [3.63, 3.8) is 0 Å².